The Balaban J connectivity index is 1.32. The molecule has 0 spiro atoms. The van der Waals surface area contributed by atoms with Crippen LogP contribution in [0.2, 0.25) is 0 Å². The Morgan fingerprint density at radius 2 is 1.19 bits per heavy atom. The van der Waals surface area contributed by atoms with Crippen molar-refractivity contribution < 1.29 is 17.4 Å². The van der Waals surface area contributed by atoms with Gasteiger partial charge in [0.25, 0.3) is 10.1 Å². The molecule has 8 rings (SSSR count). The summed E-state index contributed by atoms with van der Waals surface area (Å²) in [5.41, 5.74) is 13.0. The Bertz CT molecular complexity index is 3060. The predicted octanol–water partition coefficient (Wildman–Crippen LogP) is 13.9. The average molecular weight is 904 g/mol. The summed E-state index contributed by atoms with van der Waals surface area (Å²) in [6.45, 7) is 14.5. The van der Waals surface area contributed by atoms with Gasteiger partial charge in [-0.2, -0.15) is 13.0 Å². The van der Waals surface area contributed by atoms with Crippen molar-refractivity contribution in [3.05, 3.63) is 184 Å². The molecule has 1 N–H and O–H groups in total. The standard InChI is InChI=1S/C55H54N2O4S3/c1-37-31-39(3)54(40(4)32-37)56(27-15-29-62-45-17-9-7-10-18-45)43-23-25-47-50(35-43)61-51-36-44(24-26-48(51)53(47)49-21-13-14-22-52(49)64(58,59)60)57(55-41(5)33-38(2)34-42(55)6)28-16-30-63-46-19-11-8-12-20-46/h7-14,17-26,31-36H,15-16,27-30H2,1-6H3/p+1. The zero-order chi connectivity index (χ0) is 45.0. The molecule has 1 aliphatic carbocycles. The van der Waals surface area contributed by atoms with Crippen LogP contribution >= 0.6 is 23.5 Å². The molecule has 0 bridgehead atoms. The molecule has 9 heteroatoms. The number of thioether (sulfide) groups is 2. The highest BCUT2D eigenvalue weighted by Crippen LogP contribution is 2.44. The van der Waals surface area contributed by atoms with Gasteiger partial charge in [-0.15, -0.1) is 23.5 Å². The van der Waals surface area contributed by atoms with Gasteiger partial charge in [0.1, 0.15) is 22.8 Å². The minimum absolute atomic E-state index is 0.149. The quantitative estimate of drug-likeness (QED) is 0.0361. The van der Waals surface area contributed by atoms with Crippen molar-refractivity contribution in [3.63, 3.8) is 0 Å². The lowest BCUT2D eigenvalue weighted by Crippen LogP contribution is -2.28. The van der Waals surface area contributed by atoms with Crippen LogP contribution in [0.1, 0.15) is 46.2 Å². The third-order valence-corrected chi connectivity index (χ3v) is 14.7. The minimum Gasteiger partial charge on any atom is -0.456 e. The predicted molar refractivity (Wildman–Crippen MR) is 270 cm³/mol. The average Bonchev–Trinajstić information content (AvgIpc) is 3.26. The van der Waals surface area contributed by atoms with E-state index in [0.29, 0.717) is 22.5 Å². The molecule has 6 nitrogen and oxygen atoms in total. The number of anilines is 2. The molecule has 6 aromatic rings. The first-order chi connectivity index (χ1) is 30.9. The van der Waals surface area contributed by atoms with E-state index < -0.39 is 10.1 Å². The largest absolute Gasteiger partial charge is 0.456 e. The van der Waals surface area contributed by atoms with Crippen molar-refractivity contribution in [2.75, 3.05) is 29.5 Å². The highest BCUT2D eigenvalue weighted by Gasteiger charge is 2.26. The van der Waals surface area contributed by atoms with Crippen LogP contribution in [-0.4, -0.2) is 37.6 Å². The number of benzene rings is 7. The number of nitrogens with zero attached hydrogens (tertiary/aromatic N) is 2. The third kappa shape index (κ3) is 10.0. The van der Waals surface area contributed by atoms with Crippen molar-refractivity contribution in [3.8, 4) is 22.5 Å². The van der Waals surface area contributed by atoms with Gasteiger partial charge < -0.3 is 9.32 Å². The second-order valence-corrected chi connectivity index (χ2v) is 20.4. The van der Waals surface area contributed by atoms with Crippen LogP contribution in [0.4, 0.5) is 17.1 Å². The van der Waals surface area contributed by atoms with Crippen LogP contribution in [0.15, 0.2) is 165 Å². The number of hydrogen-bond acceptors (Lipinski definition) is 6. The lowest BCUT2D eigenvalue weighted by atomic mass is 9.93. The second kappa shape index (κ2) is 19.7. The Morgan fingerprint density at radius 3 is 1.81 bits per heavy atom. The van der Waals surface area contributed by atoms with Crippen LogP contribution in [0.3, 0.4) is 0 Å². The zero-order valence-corrected chi connectivity index (χ0v) is 39.8. The highest BCUT2D eigenvalue weighted by atomic mass is 32.2. The topological polar surface area (TPSA) is 73.8 Å². The lowest BCUT2D eigenvalue weighted by Gasteiger charge is -2.29. The number of rotatable bonds is 15. The van der Waals surface area contributed by atoms with Gasteiger partial charge in [0.15, 0.2) is 0 Å². The first-order valence-corrected chi connectivity index (χ1v) is 25.2. The number of hydrogen-bond donors (Lipinski definition) is 1. The summed E-state index contributed by atoms with van der Waals surface area (Å²) in [5.74, 6) is 2.52. The molecule has 0 saturated carbocycles. The molecule has 0 aromatic heterocycles. The van der Waals surface area contributed by atoms with Gasteiger partial charge in [0.2, 0.25) is 11.0 Å². The summed E-state index contributed by atoms with van der Waals surface area (Å²) in [6.07, 6.45) is 1.88. The molecule has 1 aliphatic heterocycles. The van der Waals surface area contributed by atoms with Gasteiger partial charge in [-0.3, -0.25) is 4.55 Å². The van der Waals surface area contributed by atoms with E-state index >= 15 is 0 Å². The van der Waals surface area contributed by atoms with E-state index in [1.54, 1.807) is 12.1 Å². The van der Waals surface area contributed by atoms with E-state index in [1.807, 2.05) is 53.9 Å². The molecule has 0 atom stereocenters. The van der Waals surface area contributed by atoms with Gasteiger partial charge in [-0.1, -0.05) is 77.9 Å². The Labute approximate surface area is 386 Å². The fourth-order valence-electron chi connectivity index (χ4n) is 9.19. The molecule has 0 amide bonds. The summed E-state index contributed by atoms with van der Waals surface area (Å²) < 4.78 is 46.1. The van der Waals surface area contributed by atoms with Gasteiger partial charge in [0.05, 0.1) is 6.07 Å². The molecule has 326 valence electrons. The maximum Gasteiger partial charge on any atom is 0.295 e. The second-order valence-electron chi connectivity index (χ2n) is 16.6. The van der Waals surface area contributed by atoms with Gasteiger partial charge >= 0.3 is 0 Å². The summed E-state index contributed by atoms with van der Waals surface area (Å²) in [7, 11) is -4.58. The molecule has 2 aliphatic rings. The zero-order valence-electron chi connectivity index (χ0n) is 37.4. The molecule has 0 unspecified atom stereocenters. The van der Waals surface area contributed by atoms with E-state index in [4.69, 9.17) is 4.42 Å². The van der Waals surface area contributed by atoms with Gasteiger partial charge in [0, 0.05) is 85.2 Å². The van der Waals surface area contributed by atoms with Crippen LogP contribution in [0, 0.1) is 41.5 Å². The van der Waals surface area contributed by atoms with Crippen molar-refractivity contribution in [1.29, 1.82) is 0 Å². The SMILES string of the molecule is Cc1cc(C)c(N(CCCSc2ccccc2)c2ccc3c(-c4ccccc4S(=O)(=O)O)c4ccc(=[N+](CCCSc5ccccc5)c5c(C)cc(C)cc5C)cc-4oc3c2)c(C)c1. The maximum atomic E-state index is 13.0. The molecule has 1 heterocycles. The number of aryl methyl sites for hydroxylation is 6. The molecule has 6 aromatic carbocycles. The first kappa shape index (κ1) is 45.0. The molecular formula is C55H55N2O4S3+. The van der Waals surface area contributed by atoms with Crippen LogP contribution in [0.5, 0.6) is 0 Å². The minimum atomic E-state index is -4.58. The smallest absolute Gasteiger partial charge is 0.295 e. The molecular weight excluding hydrogens is 849 g/mol. The van der Waals surface area contributed by atoms with E-state index in [2.05, 4.69) is 148 Å². The molecule has 0 radical (unpaired) electrons. The Hall–Kier alpha value is -5.58. The highest BCUT2D eigenvalue weighted by molar-refractivity contribution is 7.99. The fraction of sp³-hybridized carbons (Fsp3) is 0.218. The van der Waals surface area contributed by atoms with Crippen molar-refractivity contribution in [2.24, 2.45) is 0 Å². The van der Waals surface area contributed by atoms with Crippen molar-refractivity contribution in [1.82, 2.24) is 4.58 Å². The van der Waals surface area contributed by atoms with E-state index in [0.717, 1.165) is 59.4 Å². The maximum absolute atomic E-state index is 13.0. The van der Waals surface area contributed by atoms with Crippen molar-refractivity contribution in [2.45, 2.75) is 69.1 Å². The molecule has 0 saturated heterocycles. The Morgan fingerprint density at radius 1 is 0.609 bits per heavy atom. The fourth-order valence-corrected chi connectivity index (χ4v) is 11.6. The first-order valence-electron chi connectivity index (χ1n) is 21.8. The normalized spacial score (nSPS) is 12.2. The van der Waals surface area contributed by atoms with Crippen LogP contribution in [-0.2, 0) is 10.1 Å². The van der Waals surface area contributed by atoms with Crippen molar-refractivity contribution >= 4 is 61.7 Å². The van der Waals surface area contributed by atoms with E-state index in [-0.39, 0.29) is 4.90 Å². The number of fused-ring (bicyclic) bond motifs is 2. The summed E-state index contributed by atoms with van der Waals surface area (Å²) in [4.78, 5) is 4.75. The van der Waals surface area contributed by atoms with Gasteiger partial charge in [-0.25, -0.2) is 0 Å². The monoisotopic (exact) mass is 903 g/mol. The summed E-state index contributed by atoms with van der Waals surface area (Å²) >= 11 is 3.72. The van der Waals surface area contributed by atoms with E-state index in [9.17, 15) is 13.0 Å². The van der Waals surface area contributed by atoms with Crippen LogP contribution < -0.4 is 14.8 Å². The Kier molecular flexibility index (Phi) is 13.8. The van der Waals surface area contributed by atoms with E-state index in [1.165, 1.54) is 60.6 Å². The third-order valence-electron chi connectivity index (χ3n) is 11.6. The van der Waals surface area contributed by atoms with Crippen LogP contribution in [0.25, 0.3) is 33.4 Å². The summed E-state index contributed by atoms with van der Waals surface area (Å²) in [6, 6.07) is 49.2. The molecule has 0 fully saturated rings. The lowest BCUT2D eigenvalue weighted by molar-refractivity contribution is 0.483. The molecule has 64 heavy (non-hydrogen) atoms. The summed E-state index contributed by atoms with van der Waals surface area (Å²) in [5, 5.41) is 1.72. The van der Waals surface area contributed by atoms with Gasteiger partial charge in [-0.05, 0) is 126 Å².